The lowest BCUT2D eigenvalue weighted by Gasteiger charge is -2.40. The molecule has 1 aliphatic heterocycles. The first-order valence-corrected chi connectivity index (χ1v) is 10.1. The van der Waals surface area contributed by atoms with Gasteiger partial charge in [0.05, 0.1) is 6.57 Å². The third-order valence-electron chi connectivity index (χ3n) is 4.00. The zero-order chi connectivity index (χ0) is 22.1. The van der Waals surface area contributed by atoms with Crippen molar-refractivity contribution in [1.82, 2.24) is 14.7 Å². The van der Waals surface area contributed by atoms with Crippen molar-refractivity contribution in [3.8, 4) is 0 Å². The van der Waals surface area contributed by atoms with Gasteiger partial charge in [0.1, 0.15) is 21.6 Å². The van der Waals surface area contributed by atoms with Crippen LogP contribution in [0.25, 0.3) is 4.85 Å². The minimum atomic E-state index is -0.659. The number of likely N-dealkylation sites (tertiary alicyclic amines) is 1. The number of carbonyl (C=O) groups is 2. The third kappa shape index (κ3) is 5.85. The van der Waals surface area contributed by atoms with Crippen LogP contribution in [0.1, 0.15) is 41.5 Å². The van der Waals surface area contributed by atoms with Crippen LogP contribution in [0.4, 0.5) is 21.1 Å². The number of rotatable bonds is 3. The monoisotopic (exact) mass is 469 g/mol. The van der Waals surface area contributed by atoms with Gasteiger partial charge >= 0.3 is 12.2 Å². The molecular formula is C19H28BrN5O4. The van der Waals surface area contributed by atoms with E-state index in [9.17, 15) is 9.59 Å². The highest BCUT2D eigenvalue weighted by molar-refractivity contribution is 9.10. The molecule has 0 spiro atoms. The van der Waals surface area contributed by atoms with E-state index in [1.54, 1.807) is 37.4 Å². The summed E-state index contributed by atoms with van der Waals surface area (Å²) >= 11 is 3.30. The Morgan fingerprint density at radius 3 is 2.24 bits per heavy atom. The van der Waals surface area contributed by atoms with Gasteiger partial charge in [-0.3, -0.25) is 9.58 Å². The van der Waals surface area contributed by atoms with Crippen molar-refractivity contribution in [1.29, 1.82) is 0 Å². The van der Waals surface area contributed by atoms with Crippen molar-refractivity contribution in [2.24, 2.45) is 5.92 Å². The number of anilines is 1. The van der Waals surface area contributed by atoms with E-state index in [1.807, 2.05) is 20.8 Å². The number of aromatic nitrogens is 2. The largest absolute Gasteiger partial charge is 0.444 e. The molecule has 0 N–H and O–H groups in total. The molecule has 2 amide bonds. The Morgan fingerprint density at radius 2 is 1.76 bits per heavy atom. The Morgan fingerprint density at radius 1 is 1.21 bits per heavy atom. The number of hydrogen-bond donors (Lipinski definition) is 0. The van der Waals surface area contributed by atoms with E-state index in [-0.39, 0.29) is 17.7 Å². The fourth-order valence-corrected chi connectivity index (χ4v) is 3.25. The molecule has 2 heterocycles. The molecule has 1 aliphatic rings. The highest BCUT2D eigenvalue weighted by atomic mass is 79.9. The summed E-state index contributed by atoms with van der Waals surface area (Å²) in [6, 6.07) is 0. The summed E-state index contributed by atoms with van der Waals surface area (Å²) in [5, 5.41) is 4.37. The van der Waals surface area contributed by atoms with E-state index in [4.69, 9.17) is 16.0 Å². The van der Waals surface area contributed by atoms with Gasteiger partial charge in [-0.05, 0) is 57.5 Å². The summed E-state index contributed by atoms with van der Waals surface area (Å²) in [5.74, 6) is 0.496. The molecule has 1 aromatic rings. The quantitative estimate of drug-likeness (QED) is 0.611. The highest BCUT2D eigenvalue weighted by Crippen LogP contribution is 2.37. The SMILES string of the molecule is [C-]#[N+]c1c(Br)nn(CC2CN(C(=O)OC(C)(C)C)C2)c1N(C)C(=O)OC(C)(C)C. The molecule has 160 valence electrons. The minimum absolute atomic E-state index is 0.138. The fourth-order valence-electron chi connectivity index (χ4n) is 2.79. The van der Waals surface area contributed by atoms with Crippen molar-refractivity contribution >= 4 is 39.6 Å². The Bertz CT molecular complexity index is 825. The van der Waals surface area contributed by atoms with Crippen molar-refractivity contribution in [3.63, 3.8) is 0 Å². The Kier molecular flexibility index (Phi) is 6.52. The number of nitrogens with zero attached hydrogens (tertiary/aromatic N) is 5. The van der Waals surface area contributed by atoms with Crippen LogP contribution in [-0.4, -0.2) is 58.2 Å². The Labute approximate surface area is 179 Å². The topological polar surface area (TPSA) is 81.3 Å². The van der Waals surface area contributed by atoms with E-state index in [2.05, 4.69) is 25.9 Å². The van der Waals surface area contributed by atoms with Crippen LogP contribution in [0.2, 0.25) is 0 Å². The van der Waals surface area contributed by atoms with Gasteiger partial charge in [-0.25, -0.2) is 14.4 Å². The summed E-state index contributed by atoms with van der Waals surface area (Å²) in [5.41, 5.74) is -0.960. The van der Waals surface area contributed by atoms with E-state index < -0.39 is 17.3 Å². The van der Waals surface area contributed by atoms with Gasteiger partial charge in [0.2, 0.25) is 0 Å². The zero-order valence-corrected chi connectivity index (χ0v) is 19.5. The first-order valence-electron chi connectivity index (χ1n) is 9.30. The number of amides is 2. The normalized spacial score (nSPS) is 14.8. The summed E-state index contributed by atoms with van der Waals surface area (Å²) in [7, 11) is 1.55. The second-order valence-corrected chi connectivity index (χ2v) is 9.80. The first-order chi connectivity index (χ1) is 13.2. The van der Waals surface area contributed by atoms with Gasteiger partial charge in [-0.1, -0.05) is 0 Å². The van der Waals surface area contributed by atoms with Crippen LogP contribution in [-0.2, 0) is 16.0 Å². The molecule has 0 unspecified atom stereocenters. The Balaban J connectivity index is 2.12. The van der Waals surface area contributed by atoms with E-state index in [0.29, 0.717) is 30.1 Å². The van der Waals surface area contributed by atoms with Crippen molar-refractivity contribution in [3.05, 3.63) is 16.0 Å². The summed E-state index contributed by atoms with van der Waals surface area (Å²) in [6.07, 6.45) is -0.914. The highest BCUT2D eigenvalue weighted by Gasteiger charge is 2.36. The van der Waals surface area contributed by atoms with Crippen LogP contribution in [0.15, 0.2) is 4.60 Å². The number of ether oxygens (including phenoxy) is 2. The second kappa shape index (κ2) is 8.22. The second-order valence-electron chi connectivity index (χ2n) is 9.05. The maximum absolute atomic E-state index is 12.5. The molecule has 10 heteroatoms. The van der Waals surface area contributed by atoms with E-state index >= 15 is 0 Å². The molecule has 29 heavy (non-hydrogen) atoms. The standard InChI is InChI=1S/C19H28BrN5O4/c1-18(2,3)28-16(26)23(8)15-13(21-7)14(20)22-25(15)11-12-9-24(10-12)17(27)29-19(4,5)6/h12H,9-11H2,1-6,8H3. The minimum Gasteiger partial charge on any atom is -0.444 e. The summed E-state index contributed by atoms with van der Waals surface area (Å²) in [4.78, 5) is 31.0. The summed E-state index contributed by atoms with van der Waals surface area (Å²) in [6.45, 7) is 19.8. The third-order valence-corrected chi connectivity index (χ3v) is 4.53. The summed E-state index contributed by atoms with van der Waals surface area (Å²) < 4.78 is 12.8. The van der Waals surface area contributed by atoms with Crippen LogP contribution >= 0.6 is 15.9 Å². The average molecular weight is 470 g/mol. The molecule has 1 fully saturated rings. The van der Waals surface area contributed by atoms with Crippen molar-refractivity contribution in [2.45, 2.75) is 59.3 Å². The van der Waals surface area contributed by atoms with Gasteiger partial charge in [-0.2, -0.15) is 5.10 Å². The zero-order valence-electron chi connectivity index (χ0n) is 17.9. The fraction of sp³-hybridized carbons (Fsp3) is 0.684. The first kappa shape index (κ1) is 23.0. The molecule has 9 nitrogen and oxygen atoms in total. The molecule has 0 aliphatic carbocycles. The Hall–Kier alpha value is -2.28. The predicted molar refractivity (Wildman–Crippen MR) is 112 cm³/mol. The van der Waals surface area contributed by atoms with Gasteiger partial charge in [0.25, 0.3) is 5.69 Å². The number of halogens is 1. The number of hydrogen-bond acceptors (Lipinski definition) is 5. The van der Waals surface area contributed by atoms with E-state index in [1.165, 1.54) is 4.90 Å². The van der Waals surface area contributed by atoms with Crippen LogP contribution in [0.3, 0.4) is 0 Å². The lowest BCUT2D eigenvalue weighted by molar-refractivity contribution is -0.00376. The van der Waals surface area contributed by atoms with Gasteiger partial charge in [-0.15, -0.1) is 0 Å². The molecule has 0 bridgehead atoms. The molecule has 1 saturated heterocycles. The van der Waals surface area contributed by atoms with Crippen LogP contribution < -0.4 is 4.90 Å². The van der Waals surface area contributed by atoms with Crippen molar-refractivity contribution in [2.75, 3.05) is 25.0 Å². The van der Waals surface area contributed by atoms with E-state index in [0.717, 1.165) is 0 Å². The van der Waals surface area contributed by atoms with Gasteiger partial charge < -0.3 is 14.4 Å². The lowest BCUT2D eigenvalue weighted by atomic mass is 10.0. The van der Waals surface area contributed by atoms with Gasteiger partial charge in [0, 0.05) is 32.6 Å². The molecule has 0 radical (unpaired) electrons. The molecule has 0 aromatic carbocycles. The van der Waals surface area contributed by atoms with Crippen molar-refractivity contribution < 1.29 is 19.1 Å². The average Bonchev–Trinajstić information content (AvgIpc) is 2.81. The van der Waals surface area contributed by atoms with Gasteiger partial charge in [0.15, 0.2) is 0 Å². The van der Waals surface area contributed by atoms with Crippen LogP contribution in [0, 0.1) is 12.5 Å². The maximum atomic E-state index is 12.5. The lowest BCUT2D eigenvalue weighted by Crippen LogP contribution is -2.53. The molecule has 2 rings (SSSR count). The smallest absolute Gasteiger partial charge is 0.414 e. The number of carbonyl (C=O) groups excluding carboxylic acids is 2. The van der Waals surface area contributed by atoms with Crippen LogP contribution in [0.5, 0.6) is 0 Å². The molecular weight excluding hydrogens is 442 g/mol. The molecule has 0 saturated carbocycles. The molecule has 1 aromatic heterocycles. The molecule has 0 atom stereocenters. The maximum Gasteiger partial charge on any atom is 0.414 e. The predicted octanol–water partition coefficient (Wildman–Crippen LogP) is 4.43.